The molecular formula is C25H34N8O4. The van der Waals surface area contributed by atoms with Gasteiger partial charge in [0, 0.05) is 50.7 Å². The highest BCUT2D eigenvalue weighted by atomic mass is 16.6. The van der Waals surface area contributed by atoms with Crippen LogP contribution in [0.3, 0.4) is 0 Å². The number of aryl methyl sites for hydroxylation is 1. The van der Waals surface area contributed by atoms with E-state index in [-0.39, 0.29) is 11.9 Å². The van der Waals surface area contributed by atoms with Gasteiger partial charge in [0.15, 0.2) is 12.3 Å². The van der Waals surface area contributed by atoms with Gasteiger partial charge < -0.3 is 35.5 Å². The van der Waals surface area contributed by atoms with Crippen LogP contribution in [0.1, 0.15) is 38.3 Å². The van der Waals surface area contributed by atoms with Crippen LogP contribution in [0.25, 0.3) is 22.3 Å². The number of anilines is 1. The van der Waals surface area contributed by atoms with Crippen LogP contribution >= 0.6 is 0 Å². The number of nitrogens with one attached hydrogen (secondary N) is 1. The number of hydrogen-bond donors (Lipinski definition) is 4. The van der Waals surface area contributed by atoms with Crippen LogP contribution in [-0.2, 0) is 16.6 Å². The van der Waals surface area contributed by atoms with Gasteiger partial charge in [-0.05, 0) is 37.7 Å². The molecular weight excluding hydrogens is 476 g/mol. The van der Waals surface area contributed by atoms with Crippen molar-refractivity contribution >= 4 is 22.8 Å². The van der Waals surface area contributed by atoms with Crippen molar-refractivity contribution in [3.05, 3.63) is 24.8 Å². The van der Waals surface area contributed by atoms with E-state index in [9.17, 15) is 15.0 Å². The average Bonchev–Trinajstić information content (AvgIpc) is 3.54. The summed E-state index contributed by atoms with van der Waals surface area (Å²) < 4.78 is 9.25. The predicted octanol–water partition coefficient (Wildman–Crippen LogP) is 0.414. The van der Waals surface area contributed by atoms with Gasteiger partial charge in [-0.3, -0.25) is 9.48 Å². The molecule has 3 aromatic heterocycles. The van der Waals surface area contributed by atoms with Crippen LogP contribution in [0.5, 0.6) is 0 Å². The minimum atomic E-state index is -1.39. The first-order valence-electron chi connectivity index (χ1n) is 13.0. The summed E-state index contributed by atoms with van der Waals surface area (Å²) in [7, 11) is 1.81. The predicted molar refractivity (Wildman–Crippen MR) is 135 cm³/mol. The standard InChI is InChI=1S/C25H34N8O4/c1-31-8-7-17(30-31)16-12-33(23-18(16)22(26)27-13-28-23)25-20(35)19(34)21(37-25)24(36)29-15-5-9-32(10-6-15)11-14-3-2-4-14/h7-8,12-15,19-21,25,34-35H,2-6,9-11H2,1H3,(H,29,36)(H2,26,27,28)/t19-,20+,21-,25+/m0/s1. The third-order valence-electron chi connectivity index (χ3n) is 8.07. The molecule has 1 saturated carbocycles. The highest BCUT2D eigenvalue weighted by Crippen LogP contribution is 2.38. The van der Waals surface area contributed by atoms with Gasteiger partial charge in [0.1, 0.15) is 30.0 Å². The Balaban J connectivity index is 1.18. The molecule has 6 rings (SSSR count). The Labute approximate surface area is 214 Å². The number of nitrogen functional groups attached to an aromatic ring is 1. The van der Waals surface area contributed by atoms with Crippen LogP contribution in [0.2, 0.25) is 0 Å². The molecule has 2 aliphatic heterocycles. The number of rotatable bonds is 6. The molecule has 12 heteroatoms. The van der Waals surface area contributed by atoms with Crippen molar-refractivity contribution < 1.29 is 19.7 Å². The number of aliphatic hydroxyl groups is 2. The monoisotopic (exact) mass is 510 g/mol. The highest BCUT2D eigenvalue weighted by Gasteiger charge is 2.48. The lowest BCUT2D eigenvalue weighted by atomic mass is 9.84. The fourth-order valence-electron chi connectivity index (χ4n) is 5.74. The summed E-state index contributed by atoms with van der Waals surface area (Å²) in [4.78, 5) is 24.1. The number of nitrogens with two attached hydrogens (primary N) is 1. The second-order valence-corrected chi connectivity index (χ2v) is 10.6. The zero-order valence-corrected chi connectivity index (χ0v) is 20.9. The summed E-state index contributed by atoms with van der Waals surface area (Å²) in [6, 6.07) is 1.85. The molecule has 3 fully saturated rings. The molecule has 0 bridgehead atoms. The Morgan fingerprint density at radius 1 is 1.19 bits per heavy atom. The first-order chi connectivity index (χ1) is 17.9. The van der Waals surface area contributed by atoms with E-state index in [0.717, 1.165) is 38.4 Å². The Morgan fingerprint density at radius 2 is 1.97 bits per heavy atom. The third-order valence-corrected chi connectivity index (χ3v) is 8.07. The van der Waals surface area contributed by atoms with Crippen LogP contribution in [0.15, 0.2) is 24.8 Å². The van der Waals surface area contributed by atoms with Gasteiger partial charge >= 0.3 is 0 Å². The Hall–Kier alpha value is -3.06. The molecule has 3 aliphatic rings. The van der Waals surface area contributed by atoms with Gasteiger partial charge in [0.05, 0.1) is 11.1 Å². The number of aromatic nitrogens is 5. The topological polar surface area (TPSA) is 157 Å². The number of nitrogens with zero attached hydrogens (tertiary/aromatic N) is 6. The van der Waals surface area contributed by atoms with E-state index in [1.165, 1.54) is 25.6 Å². The highest BCUT2D eigenvalue weighted by molar-refractivity contribution is 5.99. The lowest BCUT2D eigenvalue weighted by Crippen LogP contribution is -2.50. The Morgan fingerprint density at radius 3 is 2.65 bits per heavy atom. The van der Waals surface area contributed by atoms with Crippen molar-refractivity contribution in [2.45, 2.75) is 62.7 Å². The number of likely N-dealkylation sites (tertiary alicyclic amines) is 1. The minimum Gasteiger partial charge on any atom is -0.387 e. The molecule has 37 heavy (non-hydrogen) atoms. The number of ether oxygens (including phenoxy) is 1. The minimum absolute atomic E-state index is 0.0211. The third kappa shape index (κ3) is 4.48. The van der Waals surface area contributed by atoms with E-state index in [1.54, 1.807) is 21.6 Å². The van der Waals surface area contributed by atoms with Gasteiger partial charge in [-0.15, -0.1) is 0 Å². The van der Waals surface area contributed by atoms with Gasteiger partial charge in [-0.1, -0.05) is 6.42 Å². The fraction of sp³-hybridized carbons (Fsp3) is 0.600. The molecule has 198 valence electrons. The molecule has 1 amide bonds. The lowest BCUT2D eigenvalue weighted by Gasteiger charge is -2.37. The zero-order valence-electron chi connectivity index (χ0n) is 20.9. The van der Waals surface area contributed by atoms with E-state index in [1.807, 2.05) is 13.1 Å². The van der Waals surface area contributed by atoms with Crippen LogP contribution in [0.4, 0.5) is 5.82 Å². The number of amides is 1. The molecule has 1 aliphatic carbocycles. The van der Waals surface area contributed by atoms with E-state index in [4.69, 9.17) is 10.5 Å². The molecule has 0 radical (unpaired) electrons. The van der Waals surface area contributed by atoms with Gasteiger partial charge in [0.25, 0.3) is 5.91 Å². The maximum Gasteiger partial charge on any atom is 0.252 e. The number of carbonyl (C=O) groups excluding carboxylic acids is 1. The summed E-state index contributed by atoms with van der Waals surface area (Å²) in [6.45, 7) is 3.06. The first kappa shape index (κ1) is 24.3. The summed E-state index contributed by atoms with van der Waals surface area (Å²) in [5.41, 5.74) is 7.92. The number of hydrogen-bond acceptors (Lipinski definition) is 9. The van der Waals surface area contributed by atoms with Crippen molar-refractivity contribution in [1.82, 2.24) is 34.5 Å². The smallest absolute Gasteiger partial charge is 0.252 e. The van der Waals surface area contributed by atoms with Gasteiger partial charge in [-0.2, -0.15) is 5.10 Å². The first-order valence-corrected chi connectivity index (χ1v) is 13.0. The van der Waals surface area contributed by atoms with Gasteiger partial charge in [-0.25, -0.2) is 9.97 Å². The average molecular weight is 511 g/mol. The quantitative estimate of drug-likeness (QED) is 0.369. The summed E-state index contributed by atoms with van der Waals surface area (Å²) >= 11 is 0. The van der Waals surface area contributed by atoms with Crippen molar-refractivity contribution in [1.29, 1.82) is 0 Å². The normalized spacial score (nSPS) is 27.5. The van der Waals surface area contributed by atoms with Crippen molar-refractivity contribution in [2.24, 2.45) is 13.0 Å². The Kier molecular flexibility index (Phi) is 6.35. The van der Waals surface area contributed by atoms with Crippen molar-refractivity contribution in [3.8, 4) is 11.3 Å². The molecule has 2 saturated heterocycles. The molecule has 4 atom stereocenters. The molecule has 0 unspecified atom stereocenters. The van der Waals surface area contributed by atoms with E-state index in [0.29, 0.717) is 22.3 Å². The molecule has 0 aromatic carbocycles. The number of aliphatic hydroxyl groups excluding tert-OH is 2. The van der Waals surface area contributed by atoms with E-state index < -0.39 is 30.4 Å². The van der Waals surface area contributed by atoms with E-state index in [2.05, 4.69) is 25.3 Å². The molecule has 0 spiro atoms. The Bertz CT molecular complexity index is 1280. The maximum absolute atomic E-state index is 13.1. The largest absolute Gasteiger partial charge is 0.387 e. The van der Waals surface area contributed by atoms with Gasteiger partial charge in [0.2, 0.25) is 0 Å². The SMILES string of the molecule is Cn1ccc(-c2cn([C@@H]3O[C@H](C(=O)NC4CCN(CC5CCC5)CC4)[C@@H](O)[C@H]3O)c3ncnc(N)c23)n1. The lowest BCUT2D eigenvalue weighted by molar-refractivity contribution is -0.138. The number of piperidine rings is 1. The van der Waals surface area contributed by atoms with Crippen molar-refractivity contribution in [2.75, 3.05) is 25.4 Å². The van der Waals surface area contributed by atoms with Crippen LogP contribution < -0.4 is 11.1 Å². The molecule has 12 nitrogen and oxygen atoms in total. The second kappa shape index (κ2) is 9.67. The fourth-order valence-corrected chi connectivity index (χ4v) is 5.74. The van der Waals surface area contributed by atoms with Crippen LogP contribution in [0, 0.1) is 5.92 Å². The zero-order chi connectivity index (χ0) is 25.7. The van der Waals surface area contributed by atoms with Crippen LogP contribution in [-0.4, -0.2) is 89.3 Å². The summed E-state index contributed by atoms with van der Waals surface area (Å²) in [5, 5.41) is 29.8. The summed E-state index contributed by atoms with van der Waals surface area (Å²) in [5.74, 6) is 0.674. The second-order valence-electron chi connectivity index (χ2n) is 10.6. The van der Waals surface area contributed by atoms with E-state index >= 15 is 0 Å². The molecule has 5 heterocycles. The molecule has 3 aromatic rings. The summed E-state index contributed by atoms with van der Waals surface area (Å²) in [6.07, 6.45) is 5.60. The number of fused-ring (bicyclic) bond motifs is 1. The molecule has 5 N–H and O–H groups in total. The number of carbonyl (C=O) groups is 1. The van der Waals surface area contributed by atoms with Crippen molar-refractivity contribution in [3.63, 3.8) is 0 Å². The maximum atomic E-state index is 13.1.